The highest BCUT2D eigenvalue weighted by Crippen LogP contribution is 2.60. The molecule has 1 spiro atoms. The molecule has 0 N–H and O–H groups in total. The molecule has 3 aromatic rings. The van der Waals surface area contributed by atoms with Crippen molar-refractivity contribution in [2.45, 2.75) is 30.0 Å². The summed E-state index contributed by atoms with van der Waals surface area (Å²) in [4.78, 5) is 30.5. The van der Waals surface area contributed by atoms with Crippen molar-refractivity contribution in [2.24, 2.45) is 0 Å². The summed E-state index contributed by atoms with van der Waals surface area (Å²) in [6.07, 6.45) is 0. The van der Waals surface area contributed by atoms with Crippen LogP contribution in [0.25, 0.3) is 0 Å². The molecule has 34 heavy (non-hydrogen) atoms. The monoisotopic (exact) mass is 492 g/mol. The maximum atomic E-state index is 14.3. The van der Waals surface area contributed by atoms with Gasteiger partial charge in [0, 0.05) is 27.4 Å². The fourth-order valence-corrected chi connectivity index (χ4v) is 6.68. The first-order valence-electron chi connectivity index (χ1n) is 11.1. The first-order valence-corrected chi connectivity index (χ1v) is 12.3. The van der Waals surface area contributed by atoms with Gasteiger partial charge in [-0.1, -0.05) is 41.9 Å². The minimum absolute atomic E-state index is 0.119. The van der Waals surface area contributed by atoms with Crippen molar-refractivity contribution >= 4 is 40.9 Å². The molecule has 1 saturated heterocycles. The summed E-state index contributed by atoms with van der Waals surface area (Å²) < 4.78 is 4.91. The van der Waals surface area contributed by atoms with E-state index >= 15 is 0 Å². The van der Waals surface area contributed by atoms with Crippen molar-refractivity contribution in [2.75, 3.05) is 18.6 Å². The number of hydrogen-bond acceptors (Lipinski definition) is 4. The molecule has 5 nitrogen and oxygen atoms in total. The van der Waals surface area contributed by atoms with Crippen LogP contribution in [0.3, 0.4) is 0 Å². The van der Waals surface area contributed by atoms with E-state index in [1.807, 2.05) is 42.5 Å². The predicted octanol–water partition coefficient (Wildman–Crippen LogP) is 5.72. The van der Waals surface area contributed by atoms with Crippen molar-refractivity contribution in [3.63, 3.8) is 0 Å². The van der Waals surface area contributed by atoms with Gasteiger partial charge in [-0.2, -0.15) is 0 Å². The van der Waals surface area contributed by atoms with Gasteiger partial charge in [0.15, 0.2) is 4.87 Å². The standard InChI is InChI=1S/C27H25ClN2O3S/c1-26(2)17-30(24(31)19-9-12-21(33-3)13-10-19)27(34-26)22-15-20(28)11-14-23(22)29(25(27)32)16-18-7-5-4-6-8-18/h4-15H,16-17H2,1-3H3/t27-/m0/s1. The number of thioether (sulfide) groups is 1. The van der Waals surface area contributed by atoms with Crippen LogP contribution in [-0.2, 0) is 16.2 Å². The molecular weight excluding hydrogens is 468 g/mol. The van der Waals surface area contributed by atoms with Gasteiger partial charge in [-0.3, -0.25) is 9.59 Å². The van der Waals surface area contributed by atoms with Gasteiger partial charge < -0.3 is 14.5 Å². The minimum atomic E-state index is -1.18. The number of anilines is 1. The summed E-state index contributed by atoms with van der Waals surface area (Å²) in [7, 11) is 1.59. The van der Waals surface area contributed by atoms with E-state index in [2.05, 4.69) is 13.8 Å². The van der Waals surface area contributed by atoms with Gasteiger partial charge in [-0.05, 0) is 61.9 Å². The number of rotatable bonds is 4. The highest BCUT2D eigenvalue weighted by atomic mass is 35.5. The van der Waals surface area contributed by atoms with Crippen LogP contribution in [-0.4, -0.2) is 35.1 Å². The minimum Gasteiger partial charge on any atom is -0.497 e. The van der Waals surface area contributed by atoms with E-state index in [1.54, 1.807) is 47.2 Å². The molecule has 7 heteroatoms. The number of hydrogen-bond donors (Lipinski definition) is 0. The van der Waals surface area contributed by atoms with Gasteiger partial charge >= 0.3 is 0 Å². The zero-order valence-electron chi connectivity index (χ0n) is 19.2. The first kappa shape index (κ1) is 22.8. The van der Waals surface area contributed by atoms with E-state index in [1.165, 1.54) is 11.8 Å². The second-order valence-corrected chi connectivity index (χ2v) is 11.5. The zero-order valence-corrected chi connectivity index (χ0v) is 20.8. The highest BCUT2D eigenvalue weighted by Gasteiger charge is 2.63. The normalized spacial score (nSPS) is 20.6. The van der Waals surface area contributed by atoms with Gasteiger partial charge in [0.1, 0.15) is 5.75 Å². The second kappa shape index (κ2) is 8.36. The average Bonchev–Trinajstić information content (AvgIpc) is 3.25. The van der Waals surface area contributed by atoms with Gasteiger partial charge in [-0.25, -0.2) is 0 Å². The van der Waals surface area contributed by atoms with Crippen molar-refractivity contribution in [3.05, 3.63) is 94.5 Å². The zero-order chi connectivity index (χ0) is 24.1. The second-order valence-electron chi connectivity index (χ2n) is 9.16. The number of amides is 2. The maximum absolute atomic E-state index is 14.3. The van der Waals surface area contributed by atoms with Gasteiger partial charge in [0.2, 0.25) is 0 Å². The number of carbonyl (C=O) groups is 2. The highest BCUT2D eigenvalue weighted by molar-refractivity contribution is 8.02. The lowest BCUT2D eigenvalue weighted by Gasteiger charge is -2.33. The fourth-order valence-electron chi connectivity index (χ4n) is 4.79. The summed E-state index contributed by atoms with van der Waals surface area (Å²) in [5.41, 5.74) is 3.08. The Morgan fingerprint density at radius 1 is 1.06 bits per heavy atom. The van der Waals surface area contributed by atoms with E-state index in [9.17, 15) is 9.59 Å². The Hall–Kier alpha value is -2.96. The maximum Gasteiger partial charge on any atom is 0.268 e. The largest absolute Gasteiger partial charge is 0.497 e. The molecule has 2 amide bonds. The molecule has 1 atom stereocenters. The van der Waals surface area contributed by atoms with Crippen LogP contribution in [0.4, 0.5) is 5.69 Å². The van der Waals surface area contributed by atoms with Crippen molar-refractivity contribution in [1.29, 1.82) is 0 Å². The Bertz CT molecular complexity index is 1260. The Morgan fingerprint density at radius 2 is 1.76 bits per heavy atom. The lowest BCUT2D eigenvalue weighted by molar-refractivity contribution is -0.123. The molecule has 174 valence electrons. The molecule has 0 aliphatic carbocycles. The van der Waals surface area contributed by atoms with Crippen LogP contribution < -0.4 is 9.64 Å². The quantitative estimate of drug-likeness (QED) is 0.467. The van der Waals surface area contributed by atoms with Crippen molar-refractivity contribution in [3.8, 4) is 5.75 Å². The lowest BCUT2D eigenvalue weighted by Crippen LogP contribution is -2.50. The van der Waals surface area contributed by atoms with Crippen molar-refractivity contribution < 1.29 is 14.3 Å². The Kier molecular flexibility index (Phi) is 5.61. The van der Waals surface area contributed by atoms with Gasteiger partial charge in [0.05, 0.1) is 19.3 Å². The molecule has 0 unspecified atom stereocenters. The van der Waals surface area contributed by atoms with Crippen LogP contribution in [0, 0.1) is 0 Å². The molecule has 3 aromatic carbocycles. The topological polar surface area (TPSA) is 49.9 Å². The number of benzene rings is 3. The third kappa shape index (κ3) is 3.65. The SMILES string of the molecule is COc1ccc(C(=O)N2CC(C)(C)S[C@@]23C(=O)N(Cc2ccccc2)c2ccc(Cl)cc23)cc1. The molecule has 2 heterocycles. The summed E-state index contributed by atoms with van der Waals surface area (Å²) in [5, 5.41) is 0.537. The molecule has 1 fully saturated rings. The van der Waals surface area contributed by atoms with E-state index in [0.717, 1.165) is 16.8 Å². The summed E-state index contributed by atoms with van der Waals surface area (Å²) in [5.74, 6) is 0.359. The van der Waals surface area contributed by atoms with Crippen LogP contribution in [0.2, 0.25) is 5.02 Å². The number of methoxy groups -OCH3 is 1. The summed E-state index contributed by atoms with van der Waals surface area (Å²) in [6, 6.07) is 22.4. The molecule has 2 aliphatic rings. The Morgan fingerprint density at radius 3 is 2.44 bits per heavy atom. The van der Waals surface area contributed by atoms with E-state index < -0.39 is 4.87 Å². The summed E-state index contributed by atoms with van der Waals surface area (Å²) >= 11 is 7.95. The molecule has 0 saturated carbocycles. The number of nitrogens with zero attached hydrogens (tertiary/aromatic N) is 2. The number of halogens is 1. The number of fused-ring (bicyclic) bond motifs is 2. The van der Waals surface area contributed by atoms with Gasteiger partial charge in [0.25, 0.3) is 11.8 Å². The molecular formula is C27H25ClN2O3S. The third-order valence-electron chi connectivity index (χ3n) is 6.26. The van der Waals surface area contributed by atoms with E-state index in [0.29, 0.717) is 29.4 Å². The van der Waals surface area contributed by atoms with Crippen LogP contribution >= 0.6 is 23.4 Å². The number of carbonyl (C=O) groups excluding carboxylic acids is 2. The first-order chi connectivity index (χ1) is 16.2. The summed E-state index contributed by atoms with van der Waals surface area (Å²) in [6.45, 7) is 4.98. The molecule has 0 bridgehead atoms. The molecule has 5 rings (SSSR count). The molecule has 2 aliphatic heterocycles. The van der Waals surface area contributed by atoms with Crippen LogP contribution in [0.1, 0.15) is 35.3 Å². The van der Waals surface area contributed by atoms with Crippen LogP contribution in [0.15, 0.2) is 72.8 Å². The number of ether oxygens (including phenoxy) is 1. The van der Waals surface area contributed by atoms with Crippen LogP contribution in [0.5, 0.6) is 5.75 Å². The Labute approximate surface area is 208 Å². The van der Waals surface area contributed by atoms with Crippen molar-refractivity contribution in [1.82, 2.24) is 4.90 Å². The Balaban J connectivity index is 1.63. The smallest absolute Gasteiger partial charge is 0.268 e. The third-order valence-corrected chi connectivity index (χ3v) is 8.09. The molecule has 0 aromatic heterocycles. The molecule has 0 radical (unpaired) electrons. The fraction of sp³-hybridized carbons (Fsp3) is 0.259. The lowest BCUT2D eigenvalue weighted by atomic mass is 10.0. The average molecular weight is 493 g/mol. The van der Waals surface area contributed by atoms with Gasteiger partial charge in [-0.15, -0.1) is 11.8 Å². The predicted molar refractivity (Wildman–Crippen MR) is 136 cm³/mol. The van der Waals surface area contributed by atoms with E-state index in [-0.39, 0.29) is 16.6 Å². The van der Waals surface area contributed by atoms with E-state index in [4.69, 9.17) is 16.3 Å².